The normalized spacial score (nSPS) is 12.2. The molecule has 2 aromatic rings. The zero-order valence-corrected chi connectivity index (χ0v) is 11.3. The highest BCUT2D eigenvalue weighted by atomic mass is 16.5. The second kappa shape index (κ2) is 6.34. The minimum Gasteiger partial charge on any atom is -0.457 e. The van der Waals surface area contributed by atoms with E-state index < -0.39 is 0 Å². The number of para-hydroxylation sites is 1. The van der Waals surface area contributed by atoms with Gasteiger partial charge in [0.15, 0.2) is 0 Å². The van der Waals surface area contributed by atoms with Crippen LogP contribution in [0.1, 0.15) is 37.3 Å². The zero-order chi connectivity index (χ0) is 13.7. The van der Waals surface area contributed by atoms with Crippen LogP contribution in [0.15, 0.2) is 42.7 Å². The summed E-state index contributed by atoms with van der Waals surface area (Å²) in [5.41, 5.74) is 1.88. The molecule has 1 atom stereocenters. The second-order valence-electron chi connectivity index (χ2n) is 4.59. The number of pyridine rings is 1. The van der Waals surface area contributed by atoms with Gasteiger partial charge in [-0.05, 0) is 30.0 Å². The van der Waals surface area contributed by atoms with E-state index in [1.54, 1.807) is 18.5 Å². The number of rotatable bonds is 5. The van der Waals surface area contributed by atoms with E-state index in [-0.39, 0.29) is 6.61 Å². The molecule has 0 aliphatic heterocycles. The summed E-state index contributed by atoms with van der Waals surface area (Å²) in [6.45, 7) is 4.27. The summed E-state index contributed by atoms with van der Waals surface area (Å²) in [5, 5.41) is 9.30. The third-order valence-corrected chi connectivity index (χ3v) is 3.31. The maximum Gasteiger partial charge on any atom is 0.136 e. The van der Waals surface area contributed by atoms with Crippen molar-refractivity contribution in [1.29, 1.82) is 0 Å². The van der Waals surface area contributed by atoms with E-state index in [9.17, 15) is 5.11 Å². The van der Waals surface area contributed by atoms with E-state index in [1.807, 2.05) is 18.2 Å². The Morgan fingerprint density at radius 1 is 1.21 bits per heavy atom. The van der Waals surface area contributed by atoms with Crippen LogP contribution in [0.2, 0.25) is 0 Å². The van der Waals surface area contributed by atoms with Gasteiger partial charge in [-0.2, -0.15) is 0 Å². The molecule has 1 heterocycles. The quantitative estimate of drug-likeness (QED) is 0.883. The van der Waals surface area contributed by atoms with Crippen molar-refractivity contribution in [2.75, 3.05) is 0 Å². The average Bonchev–Trinajstić information content (AvgIpc) is 2.47. The molecule has 0 spiro atoms. The first-order chi connectivity index (χ1) is 9.26. The van der Waals surface area contributed by atoms with Gasteiger partial charge in [0.2, 0.25) is 0 Å². The molecule has 1 aromatic heterocycles. The second-order valence-corrected chi connectivity index (χ2v) is 4.59. The highest BCUT2D eigenvalue weighted by Crippen LogP contribution is 2.33. The number of aliphatic hydroxyl groups excluding tert-OH is 1. The fraction of sp³-hybridized carbons (Fsp3) is 0.312. The lowest BCUT2D eigenvalue weighted by molar-refractivity contribution is 0.276. The van der Waals surface area contributed by atoms with E-state index >= 15 is 0 Å². The number of aliphatic hydroxyl groups is 1. The van der Waals surface area contributed by atoms with Crippen molar-refractivity contribution in [2.45, 2.75) is 32.8 Å². The highest BCUT2D eigenvalue weighted by Gasteiger charge is 2.11. The van der Waals surface area contributed by atoms with Crippen LogP contribution in [0.25, 0.3) is 0 Å². The summed E-state index contributed by atoms with van der Waals surface area (Å²) in [5.74, 6) is 1.95. The van der Waals surface area contributed by atoms with Crippen molar-refractivity contribution in [3.8, 4) is 11.5 Å². The molecule has 3 nitrogen and oxygen atoms in total. The first kappa shape index (κ1) is 13.6. The van der Waals surface area contributed by atoms with Crippen LogP contribution in [0, 0.1) is 0 Å². The lowest BCUT2D eigenvalue weighted by Gasteiger charge is -2.16. The fourth-order valence-electron chi connectivity index (χ4n) is 1.95. The SMILES string of the molecule is CCC(C)c1ccccc1Oc1ccncc1CO. The van der Waals surface area contributed by atoms with E-state index in [0.29, 0.717) is 17.2 Å². The minimum absolute atomic E-state index is 0.0747. The number of ether oxygens (including phenoxy) is 1. The summed E-state index contributed by atoms with van der Waals surface area (Å²) in [4.78, 5) is 3.99. The largest absolute Gasteiger partial charge is 0.457 e. The third-order valence-electron chi connectivity index (χ3n) is 3.31. The van der Waals surface area contributed by atoms with Gasteiger partial charge in [0.1, 0.15) is 11.5 Å². The van der Waals surface area contributed by atoms with Crippen molar-refractivity contribution in [3.05, 3.63) is 53.9 Å². The Kier molecular flexibility index (Phi) is 4.53. The lowest BCUT2D eigenvalue weighted by Crippen LogP contribution is -1.98. The van der Waals surface area contributed by atoms with Gasteiger partial charge in [0.25, 0.3) is 0 Å². The van der Waals surface area contributed by atoms with Gasteiger partial charge in [-0.1, -0.05) is 32.0 Å². The maximum absolute atomic E-state index is 9.30. The maximum atomic E-state index is 9.30. The molecule has 3 heteroatoms. The topological polar surface area (TPSA) is 42.4 Å². The number of hydrogen-bond donors (Lipinski definition) is 1. The molecular weight excluding hydrogens is 238 g/mol. The lowest BCUT2D eigenvalue weighted by atomic mass is 9.98. The predicted octanol–water partition coefficient (Wildman–Crippen LogP) is 3.88. The summed E-state index contributed by atoms with van der Waals surface area (Å²) < 4.78 is 5.95. The number of aromatic nitrogens is 1. The smallest absolute Gasteiger partial charge is 0.136 e. The summed E-state index contributed by atoms with van der Waals surface area (Å²) in [6, 6.07) is 9.81. The molecule has 1 N–H and O–H groups in total. The molecule has 0 fully saturated rings. The Labute approximate surface area is 113 Å². The molecule has 0 saturated heterocycles. The van der Waals surface area contributed by atoms with Gasteiger partial charge >= 0.3 is 0 Å². The van der Waals surface area contributed by atoms with Crippen molar-refractivity contribution in [3.63, 3.8) is 0 Å². The molecule has 1 unspecified atom stereocenters. The van der Waals surface area contributed by atoms with E-state index in [4.69, 9.17) is 4.74 Å². The number of hydrogen-bond acceptors (Lipinski definition) is 3. The standard InChI is InChI=1S/C16H19NO2/c1-3-12(2)14-6-4-5-7-16(14)19-15-8-9-17-10-13(15)11-18/h4-10,12,18H,3,11H2,1-2H3. The van der Waals surface area contributed by atoms with Gasteiger partial charge < -0.3 is 9.84 Å². The van der Waals surface area contributed by atoms with Gasteiger partial charge in [-0.25, -0.2) is 0 Å². The summed E-state index contributed by atoms with van der Waals surface area (Å²) in [6.07, 6.45) is 4.35. The van der Waals surface area contributed by atoms with Crippen LogP contribution in [0.4, 0.5) is 0 Å². The molecule has 0 aliphatic carbocycles. The molecule has 0 aliphatic rings. The van der Waals surface area contributed by atoms with Crippen LogP contribution < -0.4 is 4.74 Å². The third kappa shape index (κ3) is 3.12. The molecule has 0 radical (unpaired) electrons. The first-order valence-electron chi connectivity index (χ1n) is 6.56. The minimum atomic E-state index is -0.0747. The van der Waals surface area contributed by atoms with E-state index in [2.05, 4.69) is 24.9 Å². The van der Waals surface area contributed by atoms with Gasteiger partial charge in [-0.15, -0.1) is 0 Å². The Morgan fingerprint density at radius 2 is 2.00 bits per heavy atom. The summed E-state index contributed by atoms with van der Waals surface area (Å²) in [7, 11) is 0. The molecule has 100 valence electrons. The van der Waals surface area contributed by atoms with Crippen LogP contribution in [0.3, 0.4) is 0 Å². The predicted molar refractivity (Wildman–Crippen MR) is 75.4 cm³/mol. The molecule has 2 rings (SSSR count). The van der Waals surface area contributed by atoms with Crippen LogP contribution in [0.5, 0.6) is 11.5 Å². The molecule has 19 heavy (non-hydrogen) atoms. The Balaban J connectivity index is 2.33. The van der Waals surface area contributed by atoms with Crippen LogP contribution >= 0.6 is 0 Å². The van der Waals surface area contributed by atoms with Crippen LogP contribution in [-0.4, -0.2) is 10.1 Å². The van der Waals surface area contributed by atoms with Crippen molar-refractivity contribution < 1.29 is 9.84 Å². The van der Waals surface area contributed by atoms with Gasteiger partial charge in [-0.3, -0.25) is 4.98 Å². The molecule has 0 saturated carbocycles. The van der Waals surface area contributed by atoms with Crippen molar-refractivity contribution in [1.82, 2.24) is 4.98 Å². The fourth-order valence-corrected chi connectivity index (χ4v) is 1.95. The monoisotopic (exact) mass is 257 g/mol. The van der Waals surface area contributed by atoms with Crippen molar-refractivity contribution >= 4 is 0 Å². The Hall–Kier alpha value is -1.87. The Bertz CT molecular complexity index is 540. The molecule has 1 aromatic carbocycles. The first-order valence-corrected chi connectivity index (χ1v) is 6.56. The van der Waals surface area contributed by atoms with E-state index in [0.717, 1.165) is 12.2 Å². The van der Waals surface area contributed by atoms with E-state index in [1.165, 1.54) is 5.56 Å². The zero-order valence-electron chi connectivity index (χ0n) is 11.3. The molecule has 0 amide bonds. The highest BCUT2D eigenvalue weighted by molar-refractivity contribution is 5.41. The number of nitrogens with zero attached hydrogens (tertiary/aromatic N) is 1. The number of benzene rings is 1. The van der Waals surface area contributed by atoms with Gasteiger partial charge in [0, 0.05) is 18.0 Å². The van der Waals surface area contributed by atoms with Crippen LogP contribution in [-0.2, 0) is 6.61 Å². The Morgan fingerprint density at radius 3 is 2.74 bits per heavy atom. The molecule has 0 bridgehead atoms. The van der Waals surface area contributed by atoms with Crippen molar-refractivity contribution in [2.24, 2.45) is 0 Å². The summed E-state index contributed by atoms with van der Waals surface area (Å²) >= 11 is 0. The van der Waals surface area contributed by atoms with Gasteiger partial charge in [0.05, 0.1) is 6.61 Å². The average molecular weight is 257 g/mol. The molecular formula is C16H19NO2.